The van der Waals surface area contributed by atoms with E-state index >= 15 is 0 Å². The number of hydrogen-bond acceptors (Lipinski definition) is 3. The smallest absolute Gasteiger partial charge is 0.166 e. The Hall–Kier alpha value is -0.930. The summed E-state index contributed by atoms with van der Waals surface area (Å²) >= 11 is 6.34. The van der Waals surface area contributed by atoms with E-state index in [2.05, 4.69) is 0 Å². The van der Waals surface area contributed by atoms with Gasteiger partial charge in [0, 0.05) is 22.2 Å². The van der Waals surface area contributed by atoms with Crippen LogP contribution >= 0.6 is 11.6 Å². The summed E-state index contributed by atoms with van der Waals surface area (Å²) in [6.07, 6.45) is 5.57. The molecule has 1 heterocycles. The van der Waals surface area contributed by atoms with E-state index < -0.39 is 0 Å². The second-order valence-electron chi connectivity index (χ2n) is 5.60. The molecule has 3 nitrogen and oxygen atoms in total. The number of hydrogen-bond donors (Lipinski definition) is 1. The minimum Gasteiger partial charge on any atom is -0.486 e. The minimum atomic E-state index is -0.321. The lowest BCUT2D eigenvalue weighted by atomic mass is 9.75. The summed E-state index contributed by atoms with van der Waals surface area (Å²) in [6, 6.07) is 1.85. The molecule has 1 fully saturated rings. The summed E-state index contributed by atoms with van der Waals surface area (Å²) in [4.78, 5) is 0. The van der Waals surface area contributed by atoms with Crippen molar-refractivity contribution in [3.05, 3.63) is 22.2 Å². The predicted molar refractivity (Wildman–Crippen MR) is 76.1 cm³/mol. The van der Waals surface area contributed by atoms with Crippen LogP contribution in [0, 0.1) is 6.92 Å². The molecule has 0 bridgehead atoms. The Balaban J connectivity index is 2.15. The molecule has 0 aromatic heterocycles. The Bertz CT molecular complexity index is 495. The van der Waals surface area contributed by atoms with E-state index in [1.807, 2.05) is 13.0 Å². The van der Waals surface area contributed by atoms with Crippen molar-refractivity contribution >= 4 is 11.6 Å². The standard InChI is InChI=1S/C15H20ClNO2/c1-10-11(16)9-12-14(19-8-7-18-12)13(10)15(17)5-3-2-4-6-15/h9H,2-8,17H2,1H3. The Morgan fingerprint density at radius 3 is 2.58 bits per heavy atom. The number of halogens is 1. The van der Waals surface area contributed by atoms with Crippen molar-refractivity contribution in [3.8, 4) is 11.5 Å². The van der Waals surface area contributed by atoms with Gasteiger partial charge in [0.2, 0.25) is 0 Å². The van der Waals surface area contributed by atoms with Crippen molar-refractivity contribution < 1.29 is 9.47 Å². The molecule has 1 aromatic carbocycles. The molecule has 2 N–H and O–H groups in total. The van der Waals surface area contributed by atoms with E-state index in [4.69, 9.17) is 26.8 Å². The molecule has 0 saturated heterocycles. The van der Waals surface area contributed by atoms with Crippen molar-refractivity contribution in [2.45, 2.75) is 44.6 Å². The summed E-state index contributed by atoms with van der Waals surface area (Å²) in [5.74, 6) is 1.56. The number of nitrogens with two attached hydrogens (primary N) is 1. The predicted octanol–water partition coefficient (Wildman–Crippen LogP) is 3.54. The Kier molecular flexibility index (Phi) is 3.35. The highest BCUT2D eigenvalue weighted by Crippen LogP contribution is 2.48. The first-order chi connectivity index (χ1) is 9.12. The van der Waals surface area contributed by atoms with Gasteiger partial charge in [0.05, 0.1) is 0 Å². The van der Waals surface area contributed by atoms with Crippen molar-refractivity contribution in [2.75, 3.05) is 13.2 Å². The average Bonchev–Trinajstić information content (AvgIpc) is 2.40. The molecule has 4 heteroatoms. The van der Waals surface area contributed by atoms with Crippen LogP contribution in [0.2, 0.25) is 5.02 Å². The molecule has 0 spiro atoms. The number of rotatable bonds is 1. The van der Waals surface area contributed by atoms with Gasteiger partial charge in [-0.15, -0.1) is 0 Å². The monoisotopic (exact) mass is 281 g/mol. The molecule has 1 aliphatic carbocycles. The Morgan fingerprint density at radius 1 is 1.16 bits per heavy atom. The second-order valence-corrected chi connectivity index (χ2v) is 6.01. The lowest BCUT2D eigenvalue weighted by Crippen LogP contribution is -2.40. The van der Waals surface area contributed by atoms with Crippen LogP contribution in [0.1, 0.15) is 43.2 Å². The molecule has 0 radical (unpaired) electrons. The minimum absolute atomic E-state index is 0.321. The number of benzene rings is 1. The third-order valence-electron chi connectivity index (χ3n) is 4.27. The fraction of sp³-hybridized carbons (Fsp3) is 0.600. The molecule has 0 unspecified atom stereocenters. The molecule has 1 saturated carbocycles. The maximum absolute atomic E-state index is 6.68. The highest BCUT2D eigenvalue weighted by atomic mass is 35.5. The zero-order valence-electron chi connectivity index (χ0n) is 11.3. The van der Waals surface area contributed by atoms with Gasteiger partial charge in [0.25, 0.3) is 0 Å². The molecular formula is C15H20ClNO2. The molecule has 1 aromatic rings. The van der Waals surface area contributed by atoms with Crippen LogP contribution in [0.5, 0.6) is 11.5 Å². The van der Waals surface area contributed by atoms with Crippen molar-refractivity contribution in [1.29, 1.82) is 0 Å². The number of fused-ring (bicyclic) bond motifs is 1. The molecule has 0 amide bonds. The molecule has 1 aliphatic heterocycles. The molecule has 2 aliphatic rings. The average molecular weight is 282 g/mol. The molecule has 0 atom stereocenters. The quantitative estimate of drug-likeness (QED) is 0.856. The highest BCUT2D eigenvalue weighted by Gasteiger charge is 2.36. The van der Waals surface area contributed by atoms with E-state index in [0.29, 0.717) is 13.2 Å². The van der Waals surface area contributed by atoms with Gasteiger partial charge in [-0.3, -0.25) is 0 Å². The first kappa shape index (κ1) is 13.1. The van der Waals surface area contributed by atoms with Crippen LogP contribution in [0.15, 0.2) is 6.07 Å². The van der Waals surface area contributed by atoms with Gasteiger partial charge in [0.1, 0.15) is 13.2 Å². The molecular weight excluding hydrogens is 262 g/mol. The van der Waals surface area contributed by atoms with Gasteiger partial charge in [0.15, 0.2) is 11.5 Å². The SMILES string of the molecule is Cc1c(Cl)cc2c(c1C1(N)CCCCC1)OCCO2. The van der Waals surface area contributed by atoms with Crippen LogP contribution in [0.25, 0.3) is 0 Å². The van der Waals surface area contributed by atoms with Crippen molar-refractivity contribution in [1.82, 2.24) is 0 Å². The van der Waals surface area contributed by atoms with Gasteiger partial charge in [-0.1, -0.05) is 30.9 Å². The van der Waals surface area contributed by atoms with E-state index in [1.165, 1.54) is 6.42 Å². The van der Waals surface area contributed by atoms with E-state index in [1.54, 1.807) is 0 Å². The summed E-state index contributed by atoms with van der Waals surface area (Å²) < 4.78 is 11.5. The lowest BCUT2D eigenvalue weighted by Gasteiger charge is -2.37. The van der Waals surface area contributed by atoms with E-state index in [-0.39, 0.29) is 5.54 Å². The number of ether oxygens (including phenoxy) is 2. The fourth-order valence-corrected chi connectivity index (χ4v) is 3.47. The normalized spacial score (nSPS) is 21.2. The maximum atomic E-state index is 6.68. The summed E-state index contributed by atoms with van der Waals surface area (Å²) in [6.45, 7) is 3.18. The zero-order valence-corrected chi connectivity index (χ0v) is 12.1. The second kappa shape index (κ2) is 4.88. The molecule has 3 rings (SSSR count). The van der Waals surface area contributed by atoms with E-state index in [0.717, 1.165) is 53.3 Å². The lowest BCUT2D eigenvalue weighted by molar-refractivity contribution is 0.163. The first-order valence-electron chi connectivity index (χ1n) is 7.00. The molecule has 104 valence electrons. The zero-order chi connectivity index (χ0) is 13.5. The van der Waals surface area contributed by atoms with Crippen LogP contribution in [-0.2, 0) is 5.54 Å². The van der Waals surface area contributed by atoms with Crippen molar-refractivity contribution in [2.24, 2.45) is 5.73 Å². The van der Waals surface area contributed by atoms with Gasteiger partial charge in [-0.05, 0) is 25.3 Å². The van der Waals surface area contributed by atoms with Crippen LogP contribution in [-0.4, -0.2) is 13.2 Å². The molecule has 19 heavy (non-hydrogen) atoms. The van der Waals surface area contributed by atoms with E-state index in [9.17, 15) is 0 Å². The van der Waals surface area contributed by atoms with Gasteiger partial charge < -0.3 is 15.2 Å². The third-order valence-corrected chi connectivity index (χ3v) is 4.67. The summed E-state index contributed by atoms with van der Waals surface area (Å²) in [5.41, 5.74) is 8.46. The Labute approximate surface area is 119 Å². The van der Waals surface area contributed by atoms with Crippen LogP contribution < -0.4 is 15.2 Å². The Morgan fingerprint density at radius 2 is 1.84 bits per heavy atom. The maximum Gasteiger partial charge on any atom is 0.166 e. The van der Waals surface area contributed by atoms with Gasteiger partial charge in [-0.2, -0.15) is 0 Å². The summed E-state index contributed by atoms with van der Waals surface area (Å²) in [5, 5.41) is 0.717. The third kappa shape index (κ3) is 2.19. The topological polar surface area (TPSA) is 44.5 Å². The largest absolute Gasteiger partial charge is 0.486 e. The first-order valence-corrected chi connectivity index (χ1v) is 7.38. The fourth-order valence-electron chi connectivity index (χ4n) is 3.28. The van der Waals surface area contributed by atoms with Crippen LogP contribution in [0.3, 0.4) is 0 Å². The highest BCUT2D eigenvalue weighted by molar-refractivity contribution is 6.31. The van der Waals surface area contributed by atoms with Crippen molar-refractivity contribution in [3.63, 3.8) is 0 Å². The van der Waals surface area contributed by atoms with Gasteiger partial charge in [-0.25, -0.2) is 0 Å². The van der Waals surface area contributed by atoms with Gasteiger partial charge >= 0.3 is 0 Å². The summed E-state index contributed by atoms with van der Waals surface area (Å²) in [7, 11) is 0. The van der Waals surface area contributed by atoms with Crippen LogP contribution in [0.4, 0.5) is 0 Å².